The lowest BCUT2D eigenvalue weighted by molar-refractivity contribution is -0.384. The quantitative estimate of drug-likeness (QED) is 0.401. The van der Waals surface area contributed by atoms with Gasteiger partial charge in [-0.2, -0.15) is 0 Å². The molecule has 0 unspecified atom stereocenters. The summed E-state index contributed by atoms with van der Waals surface area (Å²) in [5.41, 5.74) is 0.192. The summed E-state index contributed by atoms with van der Waals surface area (Å²) in [6.45, 7) is 0.379. The Balaban J connectivity index is 2.71. The highest BCUT2D eigenvalue weighted by atomic mass is 16.6. The second kappa shape index (κ2) is 6.28. The highest BCUT2D eigenvalue weighted by Gasteiger charge is 2.13. The van der Waals surface area contributed by atoms with Crippen molar-refractivity contribution >= 4 is 17.5 Å². The molecule has 0 saturated carbocycles. The monoisotopic (exact) mass is 255 g/mol. The van der Waals surface area contributed by atoms with Gasteiger partial charge in [-0.25, -0.2) is 4.79 Å². The molecule has 8 heteroatoms. The molecule has 0 saturated heterocycles. The van der Waals surface area contributed by atoms with Crippen molar-refractivity contribution in [3.05, 3.63) is 28.3 Å². The van der Waals surface area contributed by atoms with Crippen LogP contribution < -0.4 is 15.4 Å². The molecule has 0 aromatic heterocycles. The van der Waals surface area contributed by atoms with Crippen LogP contribution in [0.4, 0.5) is 16.2 Å². The van der Waals surface area contributed by atoms with Crippen LogP contribution >= 0.6 is 0 Å². The van der Waals surface area contributed by atoms with Crippen LogP contribution in [0, 0.1) is 10.1 Å². The number of nitro groups is 1. The zero-order valence-corrected chi connectivity index (χ0v) is 9.67. The van der Waals surface area contributed by atoms with Crippen molar-refractivity contribution in [1.29, 1.82) is 0 Å². The third kappa shape index (κ3) is 3.81. The molecule has 1 rings (SSSR count). The van der Waals surface area contributed by atoms with Gasteiger partial charge in [-0.1, -0.05) is 0 Å². The second-order valence-electron chi connectivity index (χ2n) is 3.30. The van der Waals surface area contributed by atoms with E-state index < -0.39 is 11.0 Å². The first-order valence-electron chi connectivity index (χ1n) is 5.07. The van der Waals surface area contributed by atoms with E-state index in [2.05, 4.69) is 10.6 Å². The van der Waals surface area contributed by atoms with Crippen molar-refractivity contribution in [2.24, 2.45) is 0 Å². The molecule has 0 aliphatic heterocycles. The number of carbonyl (C=O) groups is 1. The summed E-state index contributed by atoms with van der Waals surface area (Å²) in [4.78, 5) is 20.5. The van der Waals surface area contributed by atoms with Gasteiger partial charge in [0, 0.05) is 25.2 Å². The lowest BCUT2D eigenvalue weighted by atomic mass is 10.2. The number of carboxylic acid groups (broad SMARTS) is 1. The number of ether oxygens (including phenoxy) is 1. The standard InChI is InChI=1S/C10H13N3O5/c1-18-7-2-3-9(13(16)17)8(6-7)11-4-5-12-10(14)15/h2-3,6,11-12H,4-5H2,1H3,(H,14,15). The van der Waals surface area contributed by atoms with E-state index in [-0.39, 0.29) is 24.5 Å². The van der Waals surface area contributed by atoms with E-state index in [1.807, 2.05) is 0 Å². The predicted octanol–water partition coefficient (Wildman–Crippen LogP) is 1.28. The summed E-state index contributed by atoms with van der Waals surface area (Å²) < 4.78 is 4.96. The van der Waals surface area contributed by atoms with Crippen LogP contribution in [0.15, 0.2) is 18.2 Å². The van der Waals surface area contributed by atoms with E-state index in [4.69, 9.17) is 9.84 Å². The summed E-state index contributed by atoms with van der Waals surface area (Å²) in [5, 5.41) is 24.1. The Labute approximate surface area is 103 Å². The average molecular weight is 255 g/mol. The molecule has 8 nitrogen and oxygen atoms in total. The SMILES string of the molecule is COc1ccc([N+](=O)[O-])c(NCCNC(=O)O)c1. The van der Waals surface area contributed by atoms with E-state index in [0.29, 0.717) is 5.75 Å². The zero-order valence-electron chi connectivity index (χ0n) is 9.67. The Kier molecular flexibility index (Phi) is 4.73. The van der Waals surface area contributed by atoms with E-state index in [1.54, 1.807) is 0 Å². The normalized spacial score (nSPS) is 9.61. The fourth-order valence-electron chi connectivity index (χ4n) is 1.31. The number of benzene rings is 1. The van der Waals surface area contributed by atoms with Crippen LogP contribution in [-0.4, -0.2) is 36.3 Å². The molecule has 0 atom stereocenters. The van der Waals surface area contributed by atoms with Gasteiger partial charge in [-0.05, 0) is 6.07 Å². The van der Waals surface area contributed by atoms with Crippen molar-refractivity contribution in [2.45, 2.75) is 0 Å². The molecule has 0 spiro atoms. The molecule has 1 aromatic rings. The number of hydrogen-bond acceptors (Lipinski definition) is 5. The fraction of sp³-hybridized carbons (Fsp3) is 0.300. The summed E-state index contributed by atoms with van der Waals surface area (Å²) in [5.74, 6) is 0.481. The fourth-order valence-corrected chi connectivity index (χ4v) is 1.31. The third-order valence-electron chi connectivity index (χ3n) is 2.12. The Morgan fingerprint density at radius 2 is 2.22 bits per heavy atom. The maximum Gasteiger partial charge on any atom is 0.404 e. The summed E-state index contributed by atoms with van der Waals surface area (Å²) >= 11 is 0. The summed E-state index contributed by atoms with van der Waals surface area (Å²) in [6, 6.07) is 4.30. The van der Waals surface area contributed by atoms with Crippen LogP contribution in [0.25, 0.3) is 0 Å². The van der Waals surface area contributed by atoms with Crippen LogP contribution in [-0.2, 0) is 0 Å². The number of rotatable bonds is 6. The number of hydrogen-bond donors (Lipinski definition) is 3. The lowest BCUT2D eigenvalue weighted by Gasteiger charge is -2.08. The number of nitro benzene ring substituents is 1. The van der Waals surface area contributed by atoms with Gasteiger partial charge in [0.05, 0.1) is 12.0 Å². The molecule has 0 fully saturated rings. The van der Waals surface area contributed by atoms with Gasteiger partial charge in [-0.3, -0.25) is 10.1 Å². The van der Waals surface area contributed by atoms with Gasteiger partial charge >= 0.3 is 6.09 Å². The van der Waals surface area contributed by atoms with Crippen LogP contribution in [0.3, 0.4) is 0 Å². The highest BCUT2D eigenvalue weighted by molar-refractivity contribution is 5.65. The minimum Gasteiger partial charge on any atom is -0.497 e. The number of anilines is 1. The largest absolute Gasteiger partial charge is 0.497 e. The van der Waals surface area contributed by atoms with E-state index >= 15 is 0 Å². The molecule has 0 bridgehead atoms. The molecule has 0 radical (unpaired) electrons. The molecule has 3 N–H and O–H groups in total. The maximum atomic E-state index is 10.8. The van der Waals surface area contributed by atoms with Gasteiger partial charge in [0.2, 0.25) is 0 Å². The van der Waals surface area contributed by atoms with Crippen molar-refractivity contribution in [1.82, 2.24) is 5.32 Å². The molecular weight excluding hydrogens is 242 g/mol. The first-order chi connectivity index (χ1) is 8.54. The maximum absolute atomic E-state index is 10.8. The van der Waals surface area contributed by atoms with Gasteiger partial charge < -0.3 is 20.5 Å². The predicted molar refractivity (Wildman–Crippen MR) is 64.2 cm³/mol. The van der Waals surface area contributed by atoms with Gasteiger partial charge in [0.15, 0.2) is 0 Å². The van der Waals surface area contributed by atoms with Crippen molar-refractivity contribution < 1.29 is 19.6 Å². The summed E-state index contributed by atoms with van der Waals surface area (Å²) in [7, 11) is 1.46. The van der Waals surface area contributed by atoms with Crippen LogP contribution in [0.1, 0.15) is 0 Å². The van der Waals surface area contributed by atoms with Crippen molar-refractivity contribution in [3.63, 3.8) is 0 Å². The Bertz CT molecular complexity index is 449. The summed E-state index contributed by atoms with van der Waals surface area (Å²) in [6.07, 6.45) is -1.14. The molecule has 1 amide bonds. The third-order valence-corrected chi connectivity index (χ3v) is 2.12. The minimum atomic E-state index is -1.14. The van der Waals surface area contributed by atoms with Crippen molar-refractivity contribution in [2.75, 3.05) is 25.5 Å². The Morgan fingerprint density at radius 3 is 2.78 bits per heavy atom. The molecule has 18 heavy (non-hydrogen) atoms. The average Bonchev–Trinajstić information content (AvgIpc) is 2.33. The van der Waals surface area contributed by atoms with E-state index in [9.17, 15) is 14.9 Å². The van der Waals surface area contributed by atoms with Crippen molar-refractivity contribution in [3.8, 4) is 5.75 Å². The van der Waals surface area contributed by atoms with E-state index in [1.165, 1.54) is 25.3 Å². The molecule has 0 aliphatic carbocycles. The number of methoxy groups -OCH3 is 1. The molecule has 1 aromatic carbocycles. The first kappa shape index (κ1) is 13.6. The Morgan fingerprint density at radius 1 is 1.50 bits per heavy atom. The number of nitrogens with zero attached hydrogens (tertiary/aromatic N) is 1. The van der Waals surface area contributed by atoms with Crippen LogP contribution in [0.2, 0.25) is 0 Å². The van der Waals surface area contributed by atoms with Gasteiger partial charge in [0.25, 0.3) is 5.69 Å². The van der Waals surface area contributed by atoms with Crippen LogP contribution in [0.5, 0.6) is 5.75 Å². The molecule has 98 valence electrons. The highest BCUT2D eigenvalue weighted by Crippen LogP contribution is 2.28. The molecule has 0 aliphatic rings. The molecular formula is C10H13N3O5. The van der Waals surface area contributed by atoms with Gasteiger partial charge in [-0.15, -0.1) is 0 Å². The lowest BCUT2D eigenvalue weighted by Crippen LogP contribution is -2.27. The minimum absolute atomic E-state index is 0.0916. The zero-order chi connectivity index (χ0) is 13.5. The second-order valence-corrected chi connectivity index (χ2v) is 3.30. The topological polar surface area (TPSA) is 114 Å². The molecule has 0 heterocycles. The van der Waals surface area contributed by atoms with Gasteiger partial charge in [0.1, 0.15) is 11.4 Å². The number of amides is 1. The number of nitrogens with one attached hydrogen (secondary N) is 2. The smallest absolute Gasteiger partial charge is 0.404 e. The Hall–Kier alpha value is -2.51. The van der Waals surface area contributed by atoms with E-state index in [0.717, 1.165) is 0 Å². The first-order valence-corrected chi connectivity index (χ1v) is 5.07.